The predicted molar refractivity (Wildman–Crippen MR) is 200 cm³/mol. The number of ketones is 1. The smallest absolute Gasteiger partial charge is 0.407 e. The van der Waals surface area contributed by atoms with E-state index in [0.29, 0.717) is 32.2 Å². The van der Waals surface area contributed by atoms with Crippen molar-refractivity contribution in [1.29, 1.82) is 0 Å². The Morgan fingerprint density at radius 2 is 1.62 bits per heavy atom. The van der Waals surface area contributed by atoms with Crippen molar-refractivity contribution in [2.24, 2.45) is 23.2 Å². The van der Waals surface area contributed by atoms with Crippen molar-refractivity contribution in [2.45, 2.75) is 110 Å². The molecule has 5 atom stereocenters. The Hall–Kier alpha value is -4.63. The van der Waals surface area contributed by atoms with Gasteiger partial charge in [-0.15, -0.1) is 6.58 Å². The van der Waals surface area contributed by atoms with E-state index in [2.05, 4.69) is 33.2 Å². The first kappa shape index (κ1) is 44.8. The number of urea groups is 1. The van der Waals surface area contributed by atoms with Gasteiger partial charge in [0.2, 0.25) is 17.6 Å². The lowest BCUT2D eigenvalue weighted by atomic mass is 9.87. The van der Waals surface area contributed by atoms with Gasteiger partial charge in [0.1, 0.15) is 18.7 Å². The molecule has 1 saturated heterocycles. The number of hydrogen-bond donors (Lipinski definition) is 5. The summed E-state index contributed by atoms with van der Waals surface area (Å²) >= 11 is 0. The fourth-order valence-corrected chi connectivity index (χ4v) is 7.15. The average Bonchev–Trinajstić information content (AvgIpc) is 3.72. The second kappa shape index (κ2) is 19.8. The number of carbonyl (C=O) groups is 6. The monoisotopic (exact) mass is 778 g/mol. The number of nitrogens with one attached hydrogen (secondary N) is 5. The average molecular weight is 779 g/mol. The SMILES string of the molecule is C=CCNC(=O)C(=O)C(CCC(F)(F)F)NC(=O)C1[C@@H](CC(C)C)CCN1C(=O)C(NC(=O)N[C@H](COC(=O)NCC)C(C)(C)C)C1Cc2ccccc2C1. The summed E-state index contributed by atoms with van der Waals surface area (Å²) in [4.78, 5) is 81.7. The number of amides is 6. The van der Waals surface area contributed by atoms with E-state index in [1.54, 1.807) is 6.92 Å². The highest BCUT2D eigenvalue weighted by Crippen LogP contribution is 2.35. The van der Waals surface area contributed by atoms with Crippen molar-refractivity contribution in [3.8, 4) is 0 Å². The number of alkyl carbamates (subject to hydrolysis) is 1. The first-order valence-corrected chi connectivity index (χ1v) is 18.9. The molecule has 1 aromatic rings. The molecule has 16 heteroatoms. The lowest BCUT2D eigenvalue weighted by Crippen LogP contribution is -2.61. The van der Waals surface area contributed by atoms with Gasteiger partial charge in [0, 0.05) is 26.1 Å². The molecule has 1 heterocycles. The largest absolute Gasteiger partial charge is 0.447 e. The van der Waals surface area contributed by atoms with Crippen LogP contribution in [0.5, 0.6) is 0 Å². The third kappa shape index (κ3) is 13.3. The van der Waals surface area contributed by atoms with Crippen LogP contribution in [0.4, 0.5) is 22.8 Å². The van der Waals surface area contributed by atoms with E-state index in [1.165, 1.54) is 11.0 Å². The first-order valence-electron chi connectivity index (χ1n) is 18.9. The van der Waals surface area contributed by atoms with E-state index in [9.17, 15) is 41.9 Å². The zero-order valence-corrected chi connectivity index (χ0v) is 32.6. The summed E-state index contributed by atoms with van der Waals surface area (Å²) in [5.74, 6) is -4.62. The molecule has 13 nitrogen and oxygen atoms in total. The number of nitrogens with zero attached hydrogens (tertiary/aromatic N) is 1. The van der Waals surface area contributed by atoms with Crippen LogP contribution in [0.1, 0.15) is 78.4 Å². The number of halogens is 3. The highest BCUT2D eigenvalue weighted by atomic mass is 19.4. The summed E-state index contributed by atoms with van der Waals surface area (Å²) < 4.78 is 45.3. The van der Waals surface area contributed by atoms with Crippen molar-refractivity contribution in [3.63, 3.8) is 0 Å². The van der Waals surface area contributed by atoms with Crippen LogP contribution in [0.3, 0.4) is 0 Å². The molecule has 5 N–H and O–H groups in total. The molecule has 0 radical (unpaired) electrons. The van der Waals surface area contributed by atoms with Gasteiger partial charge in [-0.2, -0.15) is 13.2 Å². The quantitative estimate of drug-likeness (QED) is 0.116. The predicted octanol–water partition coefficient (Wildman–Crippen LogP) is 4.19. The zero-order chi connectivity index (χ0) is 41.1. The third-order valence-electron chi connectivity index (χ3n) is 9.99. The Morgan fingerprint density at radius 1 is 0.982 bits per heavy atom. The Labute approximate surface area is 321 Å². The molecule has 0 bridgehead atoms. The Bertz CT molecular complexity index is 1520. The van der Waals surface area contributed by atoms with Crippen molar-refractivity contribution in [3.05, 3.63) is 48.0 Å². The van der Waals surface area contributed by atoms with Crippen molar-refractivity contribution in [1.82, 2.24) is 31.5 Å². The van der Waals surface area contributed by atoms with Gasteiger partial charge in [0.15, 0.2) is 0 Å². The van der Waals surface area contributed by atoms with E-state index >= 15 is 0 Å². The van der Waals surface area contributed by atoms with Crippen LogP contribution in [0.25, 0.3) is 0 Å². The highest BCUT2D eigenvalue weighted by molar-refractivity contribution is 6.38. The summed E-state index contributed by atoms with van der Waals surface area (Å²) in [5, 5.41) is 12.9. The van der Waals surface area contributed by atoms with Crippen LogP contribution < -0.4 is 26.6 Å². The van der Waals surface area contributed by atoms with E-state index in [4.69, 9.17) is 4.74 Å². The third-order valence-corrected chi connectivity index (χ3v) is 9.99. The summed E-state index contributed by atoms with van der Waals surface area (Å²) in [7, 11) is 0. The Balaban J connectivity index is 1.95. The molecule has 1 aliphatic heterocycles. The minimum atomic E-state index is -4.67. The summed E-state index contributed by atoms with van der Waals surface area (Å²) in [5.41, 5.74) is 1.44. The van der Waals surface area contributed by atoms with Gasteiger partial charge < -0.3 is 36.2 Å². The first-order chi connectivity index (χ1) is 25.7. The van der Waals surface area contributed by atoms with Crippen LogP contribution in [0.2, 0.25) is 0 Å². The summed E-state index contributed by atoms with van der Waals surface area (Å²) in [6.45, 7) is 14.8. The highest BCUT2D eigenvalue weighted by Gasteiger charge is 2.47. The summed E-state index contributed by atoms with van der Waals surface area (Å²) in [6.07, 6.45) is -4.58. The van der Waals surface area contributed by atoms with Crippen molar-refractivity contribution in [2.75, 3.05) is 26.2 Å². The van der Waals surface area contributed by atoms with Gasteiger partial charge in [0.25, 0.3) is 5.91 Å². The normalized spacial score (nSPS) is 18.8. The van der Waals surface area contributed by atoms with E-state index in [0.717, 1.165) is 11.1 Å². The van der Waals surface area contributed by atoms with Crippen LogP contribution in [-0.2, 0) is 36.8 Å². The van der Waals surface area contributed by atoms with Gasteiger partial charge in [-0.05, 0) is 73.3 Å². The molecule has 1 fully saturated rings. The number of carbonyl (C=O) groups excluding carboxylic acids is 6. The number of likely N-dealkylation sites (tertiary alicyclic amines) is 1. The molecule has 0 saturated carbocycles. The molecule has 3 unspecified atom stereocenters. The van der Waals surface area contributed by atoms with Crippen LogP contribution in [0.15, 0.2) is 36.9 Å². The number of fused-ring (bicyclic) bond motifs is 1. The maximum absolute atomic E-state index is 14.8. The maximum Gasteiger partial charge on any atom is 0.407 e. The molecular weight excluding hydrogens is 721 g/mol. The number of hydrogen-bond acceptors (Lipinski definition) is 7. The number of ether oxygens (including phenoxy) is 1. The number of Topliss-reactive ketones (excluding diaryl/α,β-unsaturated/α-hetero) is 1. The molecule has 1 aromatic carbocycles. The number of rotatable bonds is 17. The fraction of sp³-hybridized carbons (Fsp3) is 0.641. The van der Waals surface area contributed by atoms with Gasteiger partial charge in [0.05, 0.1) is 12.1 Å². The van der Waals surface area contributed by atoms with Gasteiger partial charge in [-0.25, -0.2) is 9.59 Å². The van der Waals surface area contributed by atoms with Gasteiger partial charge in [-0.1, -0.05) is 65.0 Å². The van der Waals surface area contributed by atoms with Crippen LogP contribution in [0, 0.1) is 23.2 Å². The molecule has 2 aliphatic rings. The minimum absolute atomic E-state index is 0.0719. The van der Waals surface area contributed by atoms with Crippen molar-refractivity contribution >= 4 is 35.6 Å². The molecule has 3 rings (SSSR count). The van der Waals surface area contributed by atoms with E-state index < -0.39 is 96.1 Å². The second-order valence-electron chi connectivity index (χ2n) is 15.8. The van der Waals surface area contributed by atoms with E-state index in [-0.39, 0.29) is 25.6 Å². The molecule has 55 heavy (non-hydrogen) atoms. The summed E-state index contributed by atoms with van der Waals surface area (Å²) in [6, 6.07) is 2.14. The van der Waals surface area contributed by atoms with Crippen LogP contribution >= 0.6 is 0 Å². The van der Waals surface area contributed by atoms with E-state index in [1.807, 2.05) is 58.9 Å². The van der Waals surface area contributed by atoms with Crippen molar-refractivity contribution < 1.29 is 46.7 Å². The lowest BCUT2D eigenvalue weighted by molar-refractivity contribution is -0.147. The van der Waals surface area contributed by atoms with Crippen LogP contribution in [-0.4, -0.2) is 97.1 Å². The molecule has 1 aliphatic carbocycles. The fourth-order valence-electron chi connectivity index (χ4n) is 7.15. The standard InChI is InChI=1S/C39H57F3N6O7/c1-8-17-44-34(51)32(49)28(14-16-39(40,41)42)45-33(50)31-26(19-23(3)4)15-18-48(31)35(52)30(27-20-24-12-10-11-13-25(24)21-27)47-36(53)46-29(38(5,6)7)22-55-37(54)43-9-2/h8,10-13,23,26-31H,1,9,14-22H2,2-7H3,(H,43,54)(H,44,51)(H,45,50)(H2,46,47,53)/t26-,28?,29-,30?,31?/m1/s1. The number of alkyl halides is 3. The Kier molecular flexibility index (Phi) is 16.1. The van der Waals surface area contributed by atoms with Gasteiger partial charge >= 0.3 is 18.3 Å². The minimum Gasteiger partial charge on any atom is -0.447 e. The molecular formula is C39H57F3N6O7. The zero-order valence-electron chi connectivity index (χ0n) is 32.6. The molecule has 0 aromatic heterocycles. The molecule has 6 amide bonds. The topological polar surface area (TPSA) is 175 Å². The Morgan fingerprint density at radius 3 is 2.16 bits per heavy atom. The number of benzene rings is 1. The lowest BCUT2D eigenvalue weighted by Gasteiger charge is -2.35. The molecule has 306 valence electrons. The second-order valence-corrected chi connectivity index (χ2v) is 15.8. The molecule has 0 spiro atoms. The maximum atomic E-state index is 14.8. The van der Waals surface area contributed by atoms with Gasteiger partial charge in [-0.3, -0.25) is 19.2 Å².